The second-order valence-corrected chi connectivity index (χ2v) is 5.00. The molecule has 1 aliphatic rings. The van der Waals surface area contributed by atoms with Crippen LogP contribution in [0.1, 0.15) is 38.2 Å². The first-order valence-electron chi connectivity index (χ1n) is 6.95. The number of phenolic OH excluding ortho intramolecular Hbond substituents is 1. The Morgan fingerprint density at radius 3 is 2.89 bits per heavy atom. The number of benzene rings is 1. The van der Waals surface area contributed by atoms with Gasteiger partial charge in [-0.1, -0.05) is 25.3 Å². The SMILES string of the molecule is CCOc1cc(CNCCC2CCC2)ccc1O. The molecule has 1 aliphatic carbocycles. The second-order valence-electron chi connectivity index (χ2n) is 5.00. The third-order valence-electron chi connectivity index (χ3n) is 3.61. The summed E-state index contributed by atoms with van der Waals surface area (Å²) in [4.78, 5) is 0. The zero-order valence-electron chi connectivity index (χ0n) is 11.1. The van der Waals surface area contributed by atoms with E-state index in [4.69, 9.17) is 4.74 Å². The Balaban J connectivity index is 1.75. The highest BCUT2D eigenvalue weighted by Gasteiger charge is 2.16. The standard InChI is InChI=1S/C15H23NO2/c1-2-18-15-10-13(6-7-14(15)17)11-16-9-8-12-4-3-5-12/h6-7,10,12,16-17H,2-5,8-9,11H2,1H3. The van der Waals surface area contributed by atoms with Crippen molar-refractivity contribution >= 4 is 0 Å². The van der Waals surface area contributed by atoms with E-state index < -0.39 is 0 Å². The molecule has 3 nitrogen and oxygen atoms in total. The molecule has 0 aromatic heterocycles. The molecular weight excluding hydrogens is 226 g/mol. The molecule has 0 atom stereocenters. The number of phenols is 1. The molecule has 3 heteroatoms. The number of ether oxygens (including phenoxy) is 1. The molecule has 0 heterocycles. The van der Waals surface area contributed by atoms with Gasteiger partial charge in [0.2, 0.25) is 0 Å². The lowest BCUT2D eigenvalue weighted by molar-refractivity contribution is 0.292. The Labute approximate surface area is 109 Å². The van der Waals surface area contributed by atoms with Crippen molar-refractivity contribution in [1.29, 1.82) is 0 Å². The lowest BCUT2D eigenvalue weighted by Crippen LogP contribution is -2.21. The molecule has 0 saturated heterocycles. The molecule has 0 spiro atoms. The van der Waals surface area contributed by atoms with Crippen LogP contribution >= 0.6 is 0 Å². The van der Waals surface area contributed by atoms with Crippen LogP contribution in [0.15, 0.2) is 18.2 Å². The van der Waals surface area contributed by atoms with Crippen molar-refractivity contribution in [2.75, 3.05) is 13.2 Å². The van der Waals surface area contributed by atoms with E-state index in [1.165, 1.54) is 25.7 Å². The van der Waals surface area contributed by atoms with Crippen molar-refractivity contribution in [3.63, 3.8) is 0 Å². The normalized spacial score (nSPS) is 15.4. The smallest absolute Gasteiger partial charge is 0.161 e. The predicted molar refractivity (Wildman–Crippen MR) is 72.9 cm³/mol. The maximum Gasteiger partial charge on any atom is 0.161 e. The number of hydrogen-bond donors (Lipinski definition) is 2. The molecule has 18 heavy (non-hydrogen) atoms. The highest BCUT2D eigenvalue weighted by molar-refractivity contribution is 5.41. The molecule has 1 aromatic carbocycles. The Bertz CT molecular complexity index is 375. The van der Waals surface area contributed by atoms with Crippen molar-refractivity contribution < 1.29 is 9.84 Å². The zero-order chi connectivity index (χ0) is 12.8. The van der Waals surface area contributed by atoms with Gasteiger partial charge in [0.05, 0.1) is 6.61 Å². The summed E-state index contributed by atoms with van der Waals surface area (Å²) < 4.78 is 5.37. The van der Waals surface area contributed by atoms with E-state index in [0.717, 1.165) is 24.6 Å². The quantitative estimate of drug-likeness (QED) is 0.730. The van der Waals surface area contributed by atoms with Crippen LogP contribution in [0, 0.1) is 5.92 Å². The van der Waals surface area contributed by atoms with E-state index >= 15 is 0 Å². The number of aromatic hydroxyl groups is 1. The largest absolute Gasteiger partial charge is 0.504 e. The van der Waals surface area contributed by atoms with Gasteiger partial charge in [0.1, 0.15) is 0 Å². The summed E-state index contributed by atoms with van der Waals surface area (Å²) >= 11 is 0. The van der Waals surface area contributed by atoms with Gasteiger partial charge in [-0.15, -0.1) is 0 Å². The van der Waals surface area contributed by atoms with Gasteiger partial charge in [-0.05, 0) is 43.5 Å². The average Bonchev–Trinajstić information content (AvgIpc) is 2.31. The van der Waals surface area contributed by atoms with Crippen molar-refractivity contribution in [3.8, 4) is 11.5 Å². The number of hydrogen-bond acceptors (Lipinski definition) is 3. The van der Waals surface area contributed by atoms with Crippen LogP contribution in [0.25, 0.3) is 0 Å². The summed E-state index contributed by atoms with van der Waals surface area (Å²) in [6.45, 7) is 4.41. The van der Waals surface area contributed by atoms with Crippen molar-refractivity contribution in [2.45, 2.75) is 39.2 Å². The van der Waals surface area contributed by atoms with Crippen molar-refractivity contribution in [3.05, 3.63) is 23.8 Å². The molecule has 2 N–H and O–H groups in total. The van der Waals surface area contributed by atoms with Crippen LogP contribution in [0.3, 0.4) is 0 Å². The van der Waals surface area contributed by atoms with Gasteiger partial charge in [0.25, 0.3) is 0 Å². The molecule has 2 rings (SSSR count). The molecular formula is C15H23NO2. The highest BCUT2D eigenvalue weighted by atomic mass is 16.5. The topological polar surface area (TPSA) is 41.5 Å². The van der Waals surface area contributed by atoms with Crippen LogP contribution in [-0.2, 0) is 6.54 Å². The van der Waals surface area contributed by atoms with Crippen LogP contribution in [0.4, 0.5) is 0 Å². The Morgan fingerprint density at radius 1 is 1.39 bits per heavy atom. The first-order valence-corrected chi connectivity index (χ1v) is 6.95. The average molecular weight is 249 g/mol. The number of nitrogens with one attached hydrogen (secondary N) is 1. The van der Waals surface area contributed by atoms with Gasteiger partial charge in [0.15, 0.2) is 11.5 Å². The van der Waals surface area contributed by atoms with E-state index in [0.29, 0.717) is 12.4 Å². The third kappa shape index (κ3) is 3.64. The fourth-order valence-electron chi connectivity index (χ4n) is 2.26. The van der Waals surface area contributed by atoms with Crippen LogP contribution in [-0.4, -0.2) is 18.3 Å². The Kier molecular flexibility index (Phi) is 4.88. The maximum atomic E-state index is 9.60. The molecule has 1 saturated carbocycles. The Hall–Kier alpha value is -1.22. The summed E-state index contributed by atoms with van der Waals surface area (Å²) in [7, 11) is 0. The third-order valence-corrected chi connectivity index (χ3v) is 3.61. The van der Waals surface area contributed by atoms with Crippen LogP contribution in [0.5, 0.6) is 11.5 Å². The molecule has 0 aliphatic heterocycles. The number of rotatable bonds is 7. The minimum atomic E-state index is 0.218. The lowest BCUT2D eigenvalue weighted by atomic mass is 9.83. The molecule has 1 aromatic rings. The summed E-state index contributed by atoms with van der Waals surface area (Å²) in [5.41, 5.74) is 1.16. The molecule has 0 unspecified atom stereocenters. The van der Waals surface area contributed by atoms with E-state index in [2.05, 4.69) is 5.32 Å². The molecule has 0 radical (unpaired) electrons. The fourth-order valence-corrected chi connectivity index (χ4v) is 2.26. The van der Waals surface area contributed by atoms with Crippen molar-refractivity contribution in [2.24, 2.45) is 5.92 Å². The molecule has 100 valence electrons. The molecule has 0 bridgehead atoms. The van der Waals surface area contributed by atoms with E-state index in [9.17, 15) is 5.11 Å². The minimum Gasteiger partial charge on any atom is -0.504 e. The van der Waals surface area contributed by atoms with Gasteiger partial charge in [-0.3, -0.25) is 0 Å². The van der Waals surface area contributed by atoms with Gasteiger partial charge in [-0.25, -0.2) is 0 Å². The van der Waals surface area contributed by atoms with Gasteiger partial charge in [-0.2, -0.15) is 0 Å². The van der Waals surface area contributed by atoms with E-state index in [-0.39, 0.29) is 5.75 Å². The van der Waals surface area contributed by atoms with Gasteiger partial charge in [0, 0.05) is 6.54 Å². The van der Waals surface area contributed by atoms with Gasteiger partial charge < -0.3 is 15.2 Å². The Morgan fingerprint density at radius 2 is 2.22 bits per heavy atom. The van der Waals surface area contributed by atoms with E-state index in [1.807, 2.05) is 19.1 Å². The summed E-state index contributed by atoms with van der Waals surface area (Å²) in [6, 6.07) is 5.55. The highest BCUT2D eigenvalue weighted by Crippen LogP contribution is 2.29. The monoisotopic (exact) mass is 249 g/mol. The lowest BCUT2D eigenvalue weighted by Gasteiger charge is -2.25. The fraction of sp³-hybridized carbons (Fsp3) is 0.600. The predicted octanol–water partition coefficient (Wildman–Crippen LogP) is 3.07. The first kappa shape index (κ1) is 13.2. The molecule has 1 fully saturated rings. The first-order chi connectivity index (χ1) is 8.79. The maximum absolute atomic E-state index is 9.60. The summed E-state index contributed by atoms with van der Waals surface area (Å²) in [6.07, 6.45) is 5.53. The minimum absolute atomic E-state index is 0.218. The molecule has 0 amide bonds. The van der Waals surface area contributed by atoms with Crippen LogP contribution < -0.4 is 10.1 Å². The second kappa shape index (κ2) is 6.64. The van der Waals surface area contributed by atoms with E-state index in [1.54, 1.807) is 6.07 Å². The van der Waals surface area contributed by atoms with Crippen molar-refractivity contribution in [1.82, 2.24) is 5.32 Å². The van der Waals surface area contributed by atoms with Gasteiger partial charge >= 0.3 is 0 Å². The summed E-state index contributed by atoms with van der Waals surface area (Å²) in [5.74, 6) is 1.75. The zero-order valence-corrected chi connectivity index (χ0v) is 11.1. The van der Waals surface area contributed by atoms with Crippen LogP contribution in [0.2, 0.25) is 0 Å². The summed E-state index contributed by atoms with van der Waals surface area (Å²) in [5, 5.41) is 13.1.